The molecule has 2 aromatic rings. The molecule has 0 spiro atoms. The Balaban J connectivity index is 1.36. The van der Waals surface area contributed by atoms with Gasteiger partial charge < -0.3 is 18.9 Å². The van der Waals surface area contributed by atoms with Gasteiger partial charge in [-0.05, 0) is 47.7 Å². The van der Waals surface area contributed by atoms with Crippen molar-refractivity contribution < 1.29 is 23.7 Å². The number of benzene rings is 2. The molecule has 33 heavy (non-hydrogen) atoms. The Bertz CT molecular complexity index is 1260. The van der Waals surface area contributed by atoms with Gasteiger partial charge in [0, 0.05) is 0 Å². The van der Waals surface area contributed by atoms with Crippen LogP contribution in [0.25, 0.3) is 6.08 Å². The van der Waals surface area contributed by atoms with Crippen molar-refractivity contribution in [3.05, 3.63) is 53.1 Å². The number of fused-ring (bicyclic) bond motifs is 2. The van der Waals surface area contributed by atoms with Crippen molar-refractivity contribution in [1.82, 2.24) is 4.90 Å². The molecular formula is C22H18N4O5S2. The summed E-state index contributed by atoms with van der Waals surface area (Å²) in [5.74, 6) is 2.05. The van der Waals surface area contributed by atoms with Gasteiger partial charge in [-0.3, -0.25) is 10.2 Å². The van der Waals surface area contributed by atoms with Crippen LogP contribution in [0.2, 0.25) is 0 Å². The lowest BCUT2D eigenvalue weighted by atomic mass is 10.1. The summed E-state index contributed by atoms with van der Waals surface area (Å²) >= 11 is 2.49. The highest BCUT2D eigenvalue weighted by Crippen LogP contribution is 2.35. The third kappa shape index (κ3) is 4.05. The SMILES string of the molecule is COc1cc(/C=C2/C(=N)N3C(SC)=NSC3=NC2=O)ccc1OCc1ccc2c(c1)OCO2. The first kappa shape index (κ1) is 21.4. The van der Waals surface area contributed by atoms with Crippen molar-refractivity contribution in [2.24, 2.45) is 9.39 Å². The summed E-state index contributed by atoms with van der Waals surface area (Å²) in [5.41, 5.74) is 1.79. The standard InChI is InChI=1S/C22H18N4O5S2/c1-28-17-8-12(7-14-19(23)26-21(24-20(14)27)33-25-22(26)32-2)3-5-15(17)29-10-13-4-6-16-18(9-13)31-11-30-16/h3-9,23H,10-11H2,1-2H3/b14-7-,23-19?. The van der Waals surface area contributed by atoms with E-state index in [-0.39, 0.29) is 18.2 Å². The third-order valence-electron chi connectivity index (χ3n) is 5.01. The van der Waals surface area contributed by atoms with E-state index in [4.69, 9.17) is 24.4 Å². The van der Waals surface area contributed by atoms with Crippen molar-refractivity contribution >= 4 is 51.9 Å². The molecule has 0 bridgehead atoms. The molecule has 2 aromatic carbocycles. The van der Waals surface area contributed by atoms with Crippen LogP contribution in [-0.2, 0) is 11.4 Å². The molecule has 1 amide bonds. The van der Waals surface area contributed by atoms with E-state index < -0.39 is 5.91 Å². The van der Waals surface area contributed by atoms with Gasteiger partial charge in [0.05, 0.1) is 24.6 Å². The van der Waals surface area contributed by atoms with E-state index in [1.54, 1.807) is 36.3 Å². The van der Waals surface area contributed by atoms with E-state index in [1.807, 2.05) is 24.5 Å². The second-order valence-electron chi connectivity index (χ2n) is 7.00. The first-order valence-electron chi connectivity index (χ1n) is 9.79. The van der Waals surface area contributed by atoms with Gasteiger partial charge in [-0.1, -0.05) is 23.9 Å². The molecule has 0 radical (unpaired) electrons. The Morgan fingerprint density at radius 1 is 1.21 bits per heavy atom. The zero-order valence-corrected chi connectivity index (χ0v) is 19.3. The highest BCUT2D eigenvalue weighted by atomic mass is 32.2. The number of amides is 1. The first-order valence-corrected chi connectivity index (χ1v) is 11.8. The molecule has 3 aliphatic rings. The van der Waals surface area contributed by atoms with Crippen LogP contribution in [0.15, 0.2) is 51.4 Å². The maximum absolute atomic E-state index is 12.5. The lowest BCUT2D eigenvalue weighted by Crippen LogP contribution is -2.41. The average Bonchev–Trinajstić information content (AvgIpc) is 3.46. The number of nitrogens with zero attached hydrogens (tertiary/aromatic N) is 3. The zero-order valence-electron chi connectivity index (χ0n) is 17.7. The lowest BCUT2D eigenvalue weighted by molar-refractivity contribution is -0.114. The smallest absolute Gasteiger partial charge is 0.283 e. The number of aliphatic imine (C=N–C) groups is 1. The van der Waals surface area contributed by atoms with Crippen molar-refractivity contribution in [2.45, 2.75) is 6.61 Å². The number of carbonyl (C=O) groups excluding carboxylic acids is 1. The normalized spacial score (nSPS) is 17.8. The Labute approximate surface area is 198 Å². The van der Waals surface area contributed by atoms with Gasteiger partial charge in [-0.25, -0.2) is 4.90 Å². The minimum atomic E-state index is -0.474. The minimum Gasteiger partial charge on any atom is -0.493 e. The van der Waals surface area contributed by atoms with Crippen molar-refractivity contribution in [2.75, 3.05) is 20.2 Å². The van der Waals surface area contributed by atoms with Crippen LogP contribution in [-0.4, -0.2) is 47.1 Å². The molecule has 3 heterocycles. The molecule has 0 aromatic heterocycles. The number of carbonyl (C=O) groups is 1. The van der Waals surface area contributed by atoms with Gasteiger partial charge in [0.25, 0.3) is 5.91 Å². The highest BCUT2D eigenvalue weighted by Gasteiger charge is 2.37. The summed E-state index contributed by atoms with van der Waals surface area (Å²) < 4.78 is 26.4. The molecule has 1 N–H and O–H groups in total. The summed E-state index contributed by atoms with van der Waals surface area (Å²) in [6, 6.07) is 11.0. The molecular weight excluding hydrogens is 464 g/mol. The molecule has 5 rings (SSSR count). The predicted octanol–water partition coefficient (Wildman–Crippen LogP) is 3.94. The Morgan fingerprint density at radius 3 is 2.88 bits per heavy atom. The molecule has 3 aliphatic heterocycles. The largest absolute Gasteiger partial charge is 0.493 e. The van der Waals surface area contributed by atoms with Crippen LogP contribution in [0.1, 0.15) is 11.1 Å². The van der Waals surface area contributed by atoms with Crippen LogP contribution in [0, 0.1) is 5.41 Å². The third-order valence-corrected chi connectivity index (χ3v) is 6.46. The Morgan fingerprint density at radius 2 is 2.06 bits per heavy atom. The van der Waals surface area contributed by atoms with Gasteiger partial charge in [-0.2, -0.15) is 9.39 Å². The number of amidine groups is 3. The van der Waals surface area contributed by atoms with Crippen molar-refractivity contribution in [1.29, 1.82) is 5.41 Å². The summed E-state index contributed by atoms with van der Waals surface area (Å²) in [6.07, 6.45) is 3.48. The predicted molar refractivity (Wildman–Crippen MR) is 128 cm³/mol. The molecule has 0 aliphatic carbocycles. The number of nitrogens with one attached hydrogen (secondary N) is 1. The van der Waals surface area contributed by atoms with E-state index in [9.17, 15) is 4.79 Å². The van der Waals surface area contributed by atoms with Crippen molar-refractivity contribution in [3.63, 3.8) is 0 Å². The number of thioether (sulfide) groups is 1. The van der Waals surface area contributed by atoms with Crippen LogP contribution in [0.4, 0.5) is 0 Å². The van der Waals surface area contributed by atoms with E-state index >= 15 is 0 Å². The van der Waals surface area contributed by atoms with Gasteiger partial charge in [0.1, 0.15) is 12.4 Å². The molecule has 0 unspecified atom stereocenters. The second kappa shape index (κ2) is 8.83. The monoisotopic (exact) mass is 482 g/mol. The maximum atomic E-state index is 12.5. The maximum Gasteiger partial charge on any atom is 0.283 e. The lowest BCUT2D eigenvalue weighted by Gasteiger charge is -2.23. The van der Waals surface area contributed by atoms with Crippen LogP contribution in [0.5, 0.6) is 23.0 Å². The summed E-state index contributed by atoms with van der Waals surface area (Å²) in [5, 5.41) is 9.53. The molecule has 0 atom stereocenters. The van der Waals surface area contributed by atoms with Crippen LogP contribution in [0.3, 0.4) is 0 Å². The molecule has 0 saturated carbocycles. The average molecular weight is 483 g/mol. The van der Waals surface area contributed by atoms with Crippen LogP contribution >= 0.6 is 23.7 Å². The minimum absolute atomic E-state index is 0.0465. The number of hydrogen-bond donors (Lipinski definition) is 1. The number of hydrogen-bond acceptors (Lipinski definition) is 9. The Kier molecular flexibility index (Phi) is 5.73. The van der Waals surface area contributed by atoms with E-state index in [1.165, 1.54) is 11.8 Å². The van der Waals surface area contributed by atoms with E-state index in [2.05, 4.69) is 9.39 Å². The molecule has 168 valence electrons. The number of methoxy groups -OCH3 is 1. The molecule has 9 nitrogen and oxygen atoms in total. The fraction of sp³-hybridized carbons (Fsp3) is 0.182. The fourth-order valence-corrected chi connectivity index (χ4v) is 4.84. The Hall–Kier alpha value is -3.44. The van der Waals surface area contributed by atoms with Gasteiger partial charge in [-0.15, -0.1) is 0 Å². The molecule has 0 fully saturated rings. The topological polar surface area (TPSA) is 106 Å². The molecule has 0 saturated heterocycles. The molecule has 11 heteroatoms. The van der Waals surface area contributed by atoms with Gasteiger partial charge in [0.15, 0.2) is 28.2 Å². The quantitative estimate of drug-likeness (QED) is 0.505. The van der Waals surface area contributed by atoms with E-state index in [0.717, 1.165) is 23.3 Å². The highest BCUT2D eigenvalue weighted by molar-refractivity contribution is 8.18. The number of ether oxygens (including phenoxy) is 4. The van der Waals surface area contributed by atoms with E-state index in [0.29, 0.717) is 39.8 Å². The van der Waals surface area contributed by atoms with Crippen molar-refractivity contribution in [3.8, 4) is 23.0 Å². The zero-order chi connectivity index (χ0) is 22.9. The summed E-state index contributed by atoms with van der Waals surface area (Å²) in [4.78, 5) is 18.2. The van der Waals surface area contributed by atoms with Crippen LogP contribution < -0.4 is 18.9 Å². The fourth-order valence-electron chi connectivity index (χ4n) is 3.38. The summed E-state index contributed by atoms with van der Waals surface area (Å²) in [6.45, 7) is 0.538. The second-order valence-corrected chi connectivity index (χ2v) is 8.50. The summed E-state index contributed by atoms with van der Waals surface area (Å²) in [7, 11) is 1.55. The first-order chi connectivity index (χ1) is 16.1. The van der Waals surface area contributed by atoms with Gasteiger partial charge in [0.2, 0.25) is 12.0 Å². The van der Waals surface area contributed by atoms with Gasteiger partial charge >= 0.3 is 0 Å². The number of rotatable bonds is 5.